The molecule has 6 heteroatoms. The van der Waals surface area contributed by atoms with Crippen molar-refractivity contribution in [3.63, 3.8) is 0 Å². The molecule has 0 spiro atoms. The van der Waals surface area contributed by atoms with Gasteiger partial charge in [0.2, 0.25) is 0 Å². The molecule has 0 bridgehead atoms. The predicted molar refractivity (Wildman–Crippen MR) is 68.9 cm³/mol. The van der Waals surface area contributed by atoms with Gasteiger partial charge in [0, 0.05) is 23.3 Å². The lowest BCUT2D eigenvalue weighted by Gasteiger charge is -2.09. The van der Waals surface area contributed by atoms with E-state index in [9.17, 15) is 13.2 Å². The van der Waals surface area contributed by atoms with Gasteiger partial charge in [-0.15, -0.1) is 0 Å². The van der Waals surface area contributed by atoms with Gasteiger partial charge in [-0.3, -0.25) is 0 Å². The Bertz CT molecular complexity index is 382. The fourth-order valence-corrected chi connectivity index (χ4v) is 1.60. The van der Waals surface area contributed by atoms with E-state index in [2.05, 4.69) is 26.0 Å². The van der Waals surface area contributed by atoms with Crippen molar-refractivity contribution in [2.75, 3.05) is 25.1 Å². The molecular formula is C12H15BrF3NO. The van der Waals surface area contributed by atoms with Crippen LogP contribution < -0.4 is 5.32 Å². The van der Waals surface area contributed by atoms with Crippen LogP contribution in [0.25, 0.3) is 0 Å². The fourth-order valence-electron chi connectivity index (χ4n) is 1.35. The molecule has 18 heavy (non-hydrogen) atoms. The molecule has 1 rings (SSSR count). The van der Waals surface area contributed by atoms with Crippen LogP contribution in [-0.2, 0) is 4.74 Å². The highest BCUT2D eigenvalue weighted by atomic mass is 79.9. The lowest BCUT2D eigenvalue weighted by Crippen LogP contribution is -2.18. The Balaban J connectivity index is 2.16. The lowest BCUT2D eigenvalue weighted by atomic mass is 10.2. The molecule has 0 aromatic heterocycles. The van der Waals surface area contributed by atoms with E-state index in [4.69, 9.17) is 0 Å². The number of ether oxygens (including phenoxy) is 1. The van der Waals surface area contributed by atoms with Crippen molar-refractivity contribution in [1.29, 1.82) is 0 Å². The highest BCUT2D eigenvalue weighted by molar-refractivity contribution is 9.10. The molecule has 0 heterocycles. The topological polar surface area (TPSA) is 21.3 Å². The Morgan fingerprint density at radius 3 is 2.67 bits per heavy atom. The van der Waals surface area contributed by atoms with E-state index in [1.165, 1.54) is 0 Å². The third-order valence-electron chi connectivity index (χ3n) is 2.22. The van der Waals surface area contributed by atoms with Crippen molar-refractivity contribution >= 4 is 21.6 Å². The minimum atomic E-state index is -4.24. The average molecular weight is 326 g/mol. The summed E-state index contributed by atoms with van der Waals surface area (Å²) in [7, 11) is 0. The summed E-state index contributed by atoms with van der Waals surface area (Å²) in [5.41, 5.74) is 2.06. The number of anilines is 1. The standard InChI is InChI=1S/C12H15BrF3NO/c1-9-7-10(3-4-11(9)13)17-5-2-6-18-8-12(14,15)16/h3-4,7,17H,2,5-6,8H2,1H3. The number of benzene rings is 1. The Morgan fingerprint density at radius 1 is 1.33 bits per heavy atom. The number of halogens is 4. The van der Waals surface area contributed by atoms with Crippen LogP contribution >= 0.6 is 15.9 Å². The second kappa shape index (κ2) is 6.99. The Labute approximate surface area is 113 Å². The van der Waals surface area contributed by atoms with Crippen molar-refractivity contribution in [1.82, 2.24) is 0 Å². The van der Waals surface area contributed by atoms with E-state index in [0.29, 0.717) is 13.0 Å². The fraction of sp³-hybridized carbons (Fsp3) is 0.500. The van der Waals surface area contributed by atoms with Crippen molar-refractivity contribution < 1.29 is 17.9 Å². The summed E-state index contributed by atoms with van der Waals surface area (Å²) < 4.78 is 40.8. The van der Waals surface area contributed by atoms with Crippen molar-refractivity contribution in [2.24, 2.45) is 0 Å². The zero-order valence-electron chi connectivity index (χ0n) is 9.98. The highest BCUT2D eigenvalue weighted by Crippen LogP contribution is 2.20. The van der Waals surface area contributed by atoms with E-state index >= 15 is 0 Å². The van der Waals surface area contributed by atoms with Gasteiger partial charge in [0.1, 0.15) is 6.61 Å². The molecule has 0 fully saturated rings. The maximum absolute atomic E-state index is 11.8. The SMILES string of the molecule is Cc1cc(NCCCOCC(F)(F)F)ccc1Br. The minimum Gasteiger partial charge on any atom is -0.385 e. The maximum Gasteiger partial charge on any atom is 0.411 e. The van der Waals surface area contributed by atoms with Crippen molar-refractivity contribution in [3.05, 3.63) is 28.2 Å². The molecule has 1 aromatic rings. The molecule has 0 saturated carbocycles. The Morgan fingerprint density at radius 2 is 2.06 bits per heavy atom. The quantitative estimate of drug-likeness (QED) is 0.794. The van der Waals surface area contributed by atoms with Crippen LogP contribution in [0, 0.1) is 6.92 Å². The van der Waals surface area contributed by atoms with Crippen LogP contribution in [0.4, 0.5) is 18.9 Å². The molecular weight excluding hydrogens is 311 g/mol. The van der Waals surface area contributed by atoms with E-state index < -0.39 is 12.8 Å². The van der Waals surface area contributed by atoms with Gasteiger partial charge in [0.15, 0.2) is 0 Å². The summed E-state index contributed by atoms with van der Waals surface area (Å²) in [5, 5.41) is 3.13. The van der Waals surface area contributed by atoms with E-state index in [1.54, 1.807) is 0 Å². The molecule has 0 amide bonds. The van der Waals surface area contributed by atoms with Crippen LogP contribution in [0.15, 0.2) is 22.7 Å². The average Bonchev–Trinajstić information content (AvgIpc) is 2.26. The first kappa shape index (κ1) is 15.3. The molecule has 102 valence electrons. The monoisotopic (exact) mass is 325 g/mol. The maximum atomic E-state index is 11.8. The summed E-state index contributed by atoms with van der Waals surface area (Å²) in [6.45, 7) is 1.48. The van der Waals surface area contributed by atoms with Crippen LogP contribution in [-0.4, -0.2) is 25.9 Å². The predicted octanol–water partition coefficient (Wildman–Crippen LogP) is 4.14. The van der Waals surface area contributed by atoms with Crippen molar-refractivity contribution in [3.8, 4) is 0 Å². The zero-order valence-corrected chi connectivity index (χ0v) is 11.6. The van der Waals surface area contributed by atoms with Crippen LogP contribution in [0.3, 0.4) is 0 Å². The second-order valence-corrected chi connectivity index (χ2v) is 4.77. The molecule has 1 N–H and O–H groups in total. The molecule has 0 saturated heterocycles. The van der Waals surface area contributed by atoms with Gasteiger partial charge in [0.05, 0.1) is 0 Å². The van der Waals surface area contributed by atoms with Gasteiger partial charge in [-0.2, -0.15) is 13.2 Å². The van der Waals surface area contributed by atoms with E-state index in [0.717, 1.165) is 15.7 Å². The zero-order chi connectivity index (χ0) is 13.6. The first-order valence-electron chi connectivity index (χ1n) is 5.53. The first-order valence-corrected chi connectivity index (χ1v) is 6.32. The molecule has 0 aliphatic rings. The Hall–Kier alpha value is -0.750. The minimum absolute atomic E-state index is 0.0992. The van der Waals surface area contributed by atoms with Gasteiger partial charge in [0.25, 0.3) is 0 Å². The Kier molecular flexibility index (Phi) is 5.95. The number of alkyl halides is 3. The molecule has 0 radical (unpaired) electrons. The van der Waals surface area contributed by atoms with Gasteiger partial charge in [-0.25, -0.2) is 0 Å². The molecule has 0 aliphatic heterocycles. The lowest BCUT2D eigenvalue weighted by molar-refractivity contribution is -0.173. The van der Waals surface area contributed by atoms with Gasteiger partial charge >= 0.3 is 6.18 Å². The molecule has 0 unspecified atom stereocenters. The number of hydrogen-bond donors (Lipinski definition) is 1. The smallest absolute Gasteiger partial charge is 0.385 e. The molecule has 0 atom stereocenters. The van der Waals surface area contributed by atoms with Gasteiger partial charge < -0.3 is 10.1 Å². The molecule has 2 nitrogen and oxygen atoms in total. The molecule has 0 aliphatic carbocycles. The summed E-state index contributed by atoms with van der Waals surface area (Å²) in [5.74, 6) is 0. The number of rotatable bonds is 6. The largest absolute Gasteiger partial charge is 0.411 e. The third-order valence-corrected chi connectivity index (χ3v) is 3.11. The first-order chi connectivity index (χ1) is 8.38. The van der Waals surface area contributed by atoms with Crippen molar-refractivity contribution in [2.45, 2.75) is 19.5 Å². The van der Waals surface area contributed by atoms with Gasteiger partial charge in [-0.1, -0.05) is 15.9 Å². The highest BCUT2D eigenvalue weighted by Gasteiger charge is 2.27. The van der Waals surface area contributed by atoms with Crippen LogP contribution in [0.5, 0.6) is 0 Å². The summed E-state index contributed by atoms with van der Waals surface area (Å²) in [6, 6.07) is 5.81. The number of hydrogen-bond acceptors (Lipinski definition) is 2. The summed E-state index contributed by atoms with van der Waals surface area (Å²) in [6.07, 6.45) is -3.71. The second-order valence-electron chi connectivity index (χ2n) is 3.91. The summed E-state index contributed by atoms with van der Waals surface area (Å²) in [4.78, 5) is 0. The summed E-state index contributed by atoms with van der Waals surface area (Å²) >= 11 is 3.40. The van der Waals surface area contributed by atoms with Crippen LogP contribution in [0.2, 0.25) is 0 Å². The van der Waals surface area contributed by atoms with E-state index in [1.807, 2.05) is 25.1 Å². The normalized spacial score (nSPS) is 11.6. The number of nitrogens with one attached hydrogen (secondary N) is 1. The van der Waals surface area contributed by atoms with E-state index in [-0.39, 0.29) is 6.61 Å². The molecule has 1 aromatic carbocycles. The van der Waals surface area contributed by atoms with Gasteiger partial charge in [-0.05, 0) is 37.1 Å². The number of aryl methyl sites for hydroxylation is 1. The third kappa shape index (κ3) is 6.26. The van der Waals surface area contributed by atoms with Crippen LogP contribution in [0.1, 0.15) is 12.0 Å².